The maximum absolute atomic E-state index is 12.1. The zero-order valence-electron chi connectivity index (χ0n) is 14.1. The topological polar surface area (TPSA) is 70.6 Å². The molecule has 5 heteroatoms. The summed E-state index contributed by atoms with van der Waals surface area (Å²) in [5, 5.41) is 15.1. The van der Waals surface area contributed by atoms with Crippen molar-refractivity contribution in [2.75, 3.05) is 20.3 Å². The van der Waals surface area contributed by atoms with E-state index in [1.807, 2.05) is 18.2 Å². The van der Waals surface area contributed by atoms with E-state index >= 15 is 0 Å². The molecule has 0 aromatic heterocycles. The zero-order chi connectivity index (χ0) is 16.9. The number of nitrogens with one attached hydrogen (secondary N) is 2. The molecule has 5 nitrogen and oxygen atoms in total. The fourth-order valence-corrected chi connectivity index (χ4v) is 3.68. The maximum Gasteiger partial charge on any atom is 0.315 e. The first-order valence-corrected chi connectivity index (χ1v) is 8.70. The molecule has 0 unspecified atom stereocenters. The fourth-order valence-electron chi connectivity index (χ4n) is 3.68. The summed E-state index contributed by atoms with van der Waals surface area (Å²) in [6.07, 6.45) is 8.01. The highest BCUT2D eigenvalue weighted by atomic mass is 16.5. The van der Waals surface area contributed by atoms with Crippen molar-refractivity contribution in [2.24, 2.45) is 5.92 Å². The summed E-state index contributed by atoms with van der Waals surface area (Å²) < 4.78 is 5.30. The van der Waals surface area contributed by atoms with Crippen LogP contribution in [0.2, 0.25) is 0 Å². The Morgan fingerprint density at radius 1 is 1.38 bits per heavy atom. The Morgan fingerprint density at radius 3 is 3.00 bits per heavy atom. The minimum Gasteiger partial charge on any atom is -0.497 e. The lowest BCUT2D eigenvalue weighted by atomic mass is 9.82. The molecular formula is C19H26N2O3. The Hall–Kier alpha value is -2.01. The van der Waals surface area contributed by atoms with Gasteiger partial charge >= 0.3 is 6.03 Å². The molecule has 0 saturated carbocycles. The third-order valence-electron chi connectivity index (χ3n) is 5.02. The second-order valence-electron chi connectivity index (χ2n) is 6.68. The lowest BCUT2D eigenvalue weighted by molar-refractivity contribution is 0.230. The van der Waals surface area contributed by atoms with Crippen LogP contribution in [0.4, 0.5) is 4.79 Å². The summed E-state index contributed by atoms with van der Waals surface area (Å²) >= 11 is 0. The number of hydrogen-bond donors (Lipinski definition) is 3. The van der Waals surface area contributed by atoms with Gasteiger partial charge in [0.25, 0.3) is 0 Å². The number of carbonyl (C=O) groups is 1. The predicted octanol–water partition coefficient (Wildman–Crippen LogP) is 2.35. The molecule has 24 heavy (non-hydrogen) atoms. The van der Waals surface area contributed by atoms with E-state index in [4.69, 9.17) is 9.84 Å². The average Bonchev–Trinajstić information content (AvgIpc) is 3.06. The zero-order valence-corrected chi connectivity index (χ0v) is 14.1. The SMILES string of the molecule is COc1ccc2c(c1)CCC[C@H]2CNC(=O)N[C@@H]1C=C[C@H](CO)C1. The Morgan fingerprint density at radius 2 is 2.25 bits per heavy atom. The summed E-state index contributed by atoms with van der Waals surface area (Å²) in [7, 11) is 1.69. The van der Waals surface area contributed by atoms with Gasteiger partial charge in [-0.05, 0) is 48.9 Å². The minimum atomic E-state index is -0.135. The first-order chi connectivity index (χ1) is 11.7. The van der Waals surface area contributed by atoms with E-state index < -0.39 is 0 Å². The molecule has 2 aliphatic carbocycles. The molecule has 0 spiro atoms. The highest BCUT2D eigenvalue weighted by Crippen LogP contribution is 2.33. The molecule has 0 bridgehead atoms. The Kier molecular flexibility index (Phi) is 5.41. The number of aryl methyl sites for hydroxylation is 1. The van der Waals surface area contributed by atoms with E-state index in [0.717, 1.165) is 31.4 Å². The number of methoxy groups -OCH3 is 1. The van der Waals surface area contributed by atoms with Crippen molar-refractivity contribution < 1.29 is 14.6 Å². The first kappa shape index (κ1) is 16.8. The summed E-state index contributed by atoms with van der Waals surface area (Å²) in [5.74, 6) is 1.41. The van der Waals surface area contributed by atoms with Crippen LogP contribution in [-0.2, 0) is 6.42 Å². The molecule has 0 radical (unpaired) electrons. The molecule has 3 atom stereocenters. The Bertz CT molecular complexity index is 615. The molecule has 0 aliphatic heterocycles. The molecule has 0 fully saturated rings. The predicted molar refractivity (Wildman–Crippen MR) is 93.3 cm³/mol. The van der Waals surface area contributed by atoms with E-state index in [1.54, 1.807) is 7.11 Å². The van der Waals surface area contributed by atoms with Crippen LogP contribution in [-0.4, -0.2) is 37.4 Å². The number of hydrogen-bond acceptors (Lipinski definition) is 3. The minimum absolute atomic E-state index is 0.0186. The second-order valence-corrected chi connectivity index (χ2v) is 6.68. The molecule has 2 amide bonds. The summed E-state index contributed by atoms with van der Waals surface area (Å²) in [4.78, 5) is 12.1. The van der Waals surface area contributed by atoms with Crippen molar-refractivity contribution in [3.63, 3.8) is 0 Å². The van der Waals surface area contributed by atoms with E-state index in [-0.39, 0.29) is 24.6 Å². The van der Waals surface area contributed by atoms with Crippen LogP contribution >= 0.6 is 0 Å². The highest BCUT2D eigenvalue weighted by molar-refractivity contribution is 5.74. The number of ether oxygens (including phenoxy) is 1. The lowest BCUT2D eigenvalue weighted by Gasteiger charge is -2.26. The van der Waals surface area contributed by atoms with Crippen molar-refractivity contribution in [3.8, 4) is 5.75 Å². The Balaban J connectivity index is 1.52. The molecule has 2 aliphatic rings. The van der Waals surface area contributed by atoms with Gasteiger partial charge in [0.2, 0.25) is 0 Å². The van der Waals surface area contributed by atoms with Crippen LogP contribution in [0.25, 0.3) is 0 Å². The number of urea groups is 1. The van der Waals surface area contributed by atoms with Crippen LogP contribution in [0.1, 0.15) is 36.3 Å². The quantitative estimate of drug-likeness (QED) is 0.726. The van der Waals surface area contributed by atoms with Gasteiger partial charge in [0.15, 0.2) is 0 Å². The highest BCUT2D eigenvalue weighted by Gasteiger charge is 2.23. The average molecular weight is 330 g/mol. The molecular weight excluding hydrogens is 304 g/mol. The third-order valence-corrected chi connectivity index (χ3v) is 5.02. The number of benzene rings is 1. The van der Waals surface area contributed by atoms with Crippen molar-refractivity contribution in [1.29, 1.82) is 0 Å². The number of aliphatic hydroxyl groups excluding tert-OH is 1. The van der Waals surface area contributed by atoms with Crippen LogP contribution in [0.3, 0.4) is 0 Å². The van der Waals surface area contributed by atoms with Gasteiger partial charge in [0.1, 0.15) is 5.75 Å². The number of aliphatic hydroxyl groups is 1. The third kappa shape index (κ3) is 3.90. The summed E-state index contributed by atoms with van der Waals surface area (Å²) in [6, 6.07) is 6.12. The number of rotatable bonds is 5. The van der Waals surface area contributed by atoms with E-state index in [1.165, 1.54) is 11.1 Å². The van der Waals surface area contributed by atoms with Gasteiger partial charge in [0, 0.05) is 31.0 Å². The van der Waals surface area contributed by atoms with Crippen LogP contribution in [0.5, 0.6) is 5.75 Å². The van der Waals surface area contributed by atoms with Gasteiger partial charge in [-0.3, -0.25) is 0 Å². The van der Waals surface area contributed by atoms with Crippen molar-refractivity contribution >= 4 is 6.03 Å². The van der Waals surface area contributed by atoms with Gasteiger partial charge in [-0.1, -0.05) is 18.2 Å². The number of amides is 2. The summed E-state index contributed by atoms with van der Waals surface area (Å²) in [5.41, 5.74) is 2.65. The fraction of sp³-hybridized carbons (Fsp3) is 0.526. The van der Waals surface area contributed by atoms with E-state index in [0.29, 0.717) is 12.5 Å². The molecule has 1 aromatic rings. The van der Waals surface area contributed by atoms with Crippen LogP contribution < -0.4 is 15.4 Å². The molecule has 0 saturated heterocycles. The standard InChI is InChI=1S/C19H26N2O3/c1-24-17-7-8-18-14(10-17)3-2-4-15(18)11-20-19(23)21-16-6-5-13(9-16)12-22/h5-8,10,13,15-16,22H,2-4,9,11-12H2,1H3,(H2,20,21,23)/t13-,15-,16+/m0/s1. The van der Waals surface area contributed by atoms with Gasteiger partial charge < -0.3 is 20.5 Å². The smallest absolute Gasteiger partial charge is 0.315 e. The maximum atomic E-state index is 12.1. The van der Waals surface area contributed by atoms with E-state index in [9.17, 15) is 4.79 Å². The van der Waals surface area contributed by atoms with Gasteiger partial charge in [-0.15, -0.1) is 0 Å². The normalized spacial score (nSPS) is 25.2. The molecule has 3 N–H and O–H groups in total. The number of carbonyl (C=O) groups excluding carboxylic acids is 1. The van der Waals surface area contributed by atoms with Gasteiger partial charge in [-0.2, -0.15) is 0 Å². The summed E-state index contributed by atoms with van der Waals surface area (Å²) in [6.45, 7) is 0.781. The second kappa shape index (κ2) is 7.71. The van der Waals surface area contributed by atoms with Crippen LogP contribution in [0, 0.1) is 5.92 Å². The van der Waals surface area contributed by atoms with Crippen molar-refractivity contribution in [3.05, 3.63) is 41.5 Å². The Labute approximate surface area is 143 Å². The molecule has 1 aromatic carbocycles. The molecule has 3 rings (SSSR count). The van der Waals surface area contributed by atoms with Crippen molar-refractivity contribution in [2.45, 2.75) is 37.6 Å². The van der Waals surface area contributed by atoms with Gasteiger partial charge in [-0.25, -0.2) is 4.79 Å². The number of fused-ring (bicyclic) bond motifs is 1. The largest absolute Gasteiger partial charge is 0.497 e. The monoisotopic (exact) mass is 330 g/mol. The molecule has 130 valence electrons. The van der Waals surface area contributed by atoms with Crippen LogP contribution in [0.15, 0.2) is 30.4 Å². The lowest BCUT2D eigenvalue weighted by Crippen LogP contribution is -2.42. The van der Waals surface area contributed by atoms with Gasteiger partial charge in [0.05, 0.1) is 7.11 Å². The molecule has 0 heterocycles. The van der Waals surface area contributed by atoms with Crippen molar-refractivity contribution in [1.82, 2.24) is 10.6 Å². The van der Waals surface area contributed by atoms with E-state index in [2.05, 4.69) is 22.8 Å². The first-order valence-electron chi connectivity index (χ1n) is 8.70.